The Morgan fingerprint density at radius 1 is 1.25 bits per heavy atom. The minimum Gasteiger partial charge on any atom is -0.494 e. The standard InChI is InChI=1S/C22H22Cl2N4O4/c1-10-15(23)16(24)17(26-10)19(29)11-7-8-28(14(25)9-11)21-13-6-4-3-5-12(13)20(32-2)18(27-21)22(30)31/h3-6,11,14,26H,7-9,25H2,1-2H3,(H,30,31). The van der Waals surface area contributed by atoms with Crippen LogP contribution in [0, 0.1) is 12.8 Å². The van der Waals surface area contributed by atoms with Gasteiger partial charge in [-0.25, -0.2) is 9.78 Å². The molecular formula is C22H22Cl2N4O4. The molecule has 4 N–H and O–H groups in total. The number of anilines is 1. The van der Waals surface area contributed by atoms with E-state index >= 15 is 0 Å². The molecule has 2 aromatic heterocycles. The van der Waals surface area contributed by atoms with Gasteiger partial charge in [-0.1, -0.05) is 47.5 Å². The maximum absolute atomic E-state index is 13.1. The summed E-state index contributed by atoms with van der Waals surface area (Å²) in [5.41, 5.74) is 7.21. The van der Waals surface area contributed by atoms with Crippen LogP contribution in [0.5, 0.6) is 5.75 Å². The lowest BCUT2D eigenvalue weighted by molar-refractivity contribution is 0.0687. The Morgan fingerprint density at radius 3 is 2.50 bits per heavy atom. The molecule has 0 aliphatic carbocycles. The van der Waals surface area contributed by atoms with Gasteiger partial charge in [0.25, 0.3) is 0 Å². The number of carboxylic acid groups (broad SMARTS) is 1. The van der Waals surface area contributed by atoms with Gasteiger partial charge in [0, 0.05) is 28.9 Å². The first-order valence-electron chi connectivity index (χ1n) is 10.0. The van der Waals surface area contributed by atoms with Crippen LogP contribution in [-0.2, 0) is 0 Å². The number of carbonyl (C=O) groups is 2. The molecular weight excluding hydrogens is 455 g/mol. The molecule has 0 bridgehead atoms. The molecule has 4 rings (SSSR count). The summed E-state index contributed by atoms with van der Waals surface area (Å²) in [5, 5.41) is 11.6. The third kappa shape index (κ3) is 3.68. The Kier molecular flexibility index (Phi) is 6.03. The third-order valence-electron chi connectivity index (χ3n) is 5.84. The number of rotatable bonds is 5. The molecule has 3 heterocycles. The number of aromatic carboxylic acids is 1. The summed E-state index contributed by atoms with van der Waals surface area (Å²) in [5.74, 6) is -1.03. The van der Waals surface area contributed by atoms with Gasteiger partial charge in [0.1, 0.15) is 11.5 Å². The second-order valence-corrected chi connectivity index (χ2v) is 8.52. The van der Waals surface area contributed by atoms with Gasteiger partial charge in [-0.2, -0.15) is 0 Å². The molecule has 0 amide bonds. The van der Waals surface area contributed by atoms with E-state index in [4.69, 9.17) is 33.7 Å². The van der Waals surface area contributed by atoms with E-state index in [2.05, 4.69) is 9.97 Å². The van der Waals surface area contributed by atoms with Gasteiger partial charge in [-0.05, 0) is 19.8 Å². The molecule has 0 radical (unpaired) electrons. The van der Waals surface area contributed by atoms with Gasteiger partial charge >= 0.3 is 5.97 Å². The first-order valence-corrected chi connectivity index (χ1v) is 10.8. The van der Waals surface area contributed by atoms with Crippen LogP contribution in [0.15, 0.2) is 24.3 Å². The van der Waals surface area contributed by atoms with Gasteiger partial charge in [0.15, 0.2) is 17.2 Å². The van der Waals surface area contributed by atoms with Crippen LogP contribution < -0.4 is 15.4 Å². The van der Waals surface area contributed by atoms with Crippen LogP contribution in [0.1, 0.15) is 39.5 Å². The number of ketones is 1. The number of nitrogens with one attached hydrogen (secondary N) is 1. The number of halogens is 2. The van der Waals surface area contributed by atoms with Crippen molar-refractivity contribution in [3.8, 4) is 5.75 Å². The molecule has 168 valence electrons. The maximum atomic E-state index is 13.1. The van der Waals surface area contributed by atoms with E-state index in [9.17, 15) is 14.7 Å². The van der Waals surface area contributed by atoms with Crippen LogP contribution in [0.25, 0.3) is 10.8 Å². The van der Waals surface area contributed by atoms with E-state index in [1.807, 2.05) is 17.0 Å². The molecule has 1 aromatic carbocycles. The summed E-state index contributed by atoms with van der Waals surface area (Å²) in [6, 6.07) is 7.28. The van der Waals surface area contributed by atoms with Crippen molar-refractivity contribution in [2.45, 2.75) is 25.9 Å². The van der Waals surface area contributed by atoms with Gasteiger partial charge in [-0.15, -0.1) is 0 Å². The second kappa shape index (κ2) is 8.61. The zero-order chi connectivity index (χ0) is 23.2. The van der Waals surface area contributed by atoms with Crippen molar-refractivity contribution in [2.24, 2.45) is 11.7 Å². The summed E-state index contributed by atoms with van der Waals surface area (Å²) in [4.78, 5) is 34.1. The van der Waals surface area contributed by atoms with Crippen molar-refractivity contribution in [2.75, 3.05) is 18.6 Å². The normalized spacial score (nSPS) is 18.7. The number of hydrogen-bond acceptors (Lipinski definition) is 6. The van der Waals surface area contributed by atoms with Crippen LogP contribution in [-0.4, -0.2) is 46.6 Å². The number of benzene rings is 1. The summed E-state index contributed by atoms with van der Waals surface area (Å²) >= 11 is 12.3. The topological polar surface area (TPSA) is 122 Å². The highest BCUT2D eigenvalue weighted by atomic mass is 35.5. The molecule has 1 aliphatic rings. The average molecular weight is 477 g/mol. The number of carbonyl (C=O) groups excluding carboxylic acids is 1. The number of carboxylic acids is 1. The van der Waals surface area contributed by atoms with E-state index in [1.165, 1.54) is 7.11 Å². The molecule has 3 aromatic rings. The van der Waals surface area contributed by atoms with Crippen molar-refractivity contribution in [1.82, 2.24) is 9.97 Å². The molecule has 0 saturated carbocycles. The first-order chi connectivity index (χ1) is 15.2. The molecule has 1 fully saturated rings. The molecule has 8 nitrogen and oxygen atoms in total. The van der Waals surface area contributed by atoms with E-state index in [0.29, 0.717) is 47.0 Å². The fourth-order valence-corrected chi connectivity index (χ4v) is 4.66. The van der Waals surface area contributed by atoms with Gasteiger partial charge < -0.3 is 25.5 Å². The summed E-state index contributed by atoms with van der Waals surface area (Å²) < 4.78 is 5.34. The zero-order valence-electron chi connectivity index (χ0n) is 17.5. The molecule has 10 heteroatoms. The van der Waals surface area contributed by atoms with Crippen molar-refractivity contribution < 1.29 is 19.4 Å². The Balaban J connectivity index is 1.68. The van der Waals surface area contributed by atoms with Gasteiger partial charge in [-0.3, -0.25) is 4.79 Å². The number of aryl methyl sites for hydroxylation is 1. The molecule has 32 heavy (non-hydrogen) atoms. The van der Waals surface area contributed by atoms with Crippen molar-refractivity contribution in [3.05, 3.63) is 51.4 Å². The highest BCUT2D eigenvalue weighted by Gasteiger charge is 2.35. The number of nitrogens with zero attached hydrogens (tertiary/aromatic N) is 2. The summed E-state index contributed by atoms with van der Waals surface area (Å²) in [6.45, 7) is 2.17. The lowest BCUT2D eigenvalue weighted by atomic mass is 9.89. The predicted octanol–water partition coefficient (Wildman–Crippen LogP) is 4.27. The zero-order valence-corrected chi connectivity index (χ0v) is 19.0. The van der Waals surface area contributed by atoms with Gasteiger partial charge in [0.05, 0.1) is 23.3 Å². The van der Waals surface area contributed by atoms with E-state index in [-0.39, 0.29) is 28.2 Å². The van der Waals surface area contributed by atoms with E-state index in [1.54, 1.807) is 19.1 Å². The fourth-order valence-electron chi connectivity index (χ4n) is 4.24. The SMILES string of the molecule is COc1c(C(=O)O)nc(N2CCC(C(=O)c3[nH]c(C)c(Cl)c3Cl)CC2N)c2ccccc12. The summed E-state index contributed by atoms with van der Waals surface area (Å²) in [7, 11) is 1.41. The smallest absolute Gasteiger partial charge is 0.358 e. The van der Waals surface area contributed by atoms with Crippen LogP contribution in [0.3, 0.4) is 0 Å². The number of hydrogen-bond donors (Lipinski definition) is 3. The molecule has 2 atom stereocenters. The number of fused-ring (bicyclic) bond motifs is 1. The number of nitrogens with two attached hydrogens (primary N) is 1. The minimum atomic E-state index is -1.19. The maximum Gasteiger partial charge on any atom is 0.358 e. The second-order valence-electron chi connectivity index (χ2n) is 7.77. The predicted molar refractivity (Wildman–Crippen MR) is 123 cm³/mol. The number of methoxy groups -OCH3 is 1. The quantitative estimate of drug-likeness (QED) is 0.469. The highest BCUT2D eigenvalue weighted by Crippen LogP contribution is 2.38. The van der Waals surface area contributed by atoms with E-state index < -0.39 is 12.1 Å². The summed E-state index contributed by atoms with van der Waals surface area (Å²) in [6.07, 6.45) is 0.312. The average Bonchev–Trinajstić information content (AvgIpc) is 3.04. The lowest BCUT2D eigenvalue weighted by Crippen LogP contribution is -2.50. The fraction of sp³-hybridized carbons (Fsp3) is 0.318. The number of aromatic amines is 1. The third-order valence-corrected chi connectivity index (χ3v) is 6.79. The Morgan fingerprint density at radius 2 is 1.94 bits per heavy atom. The highest BCUT2D eigenvalue weighted by molar-refractivity contribution is 6.44. The number of aromatic nitrogens is 2. The van der Waals surface area contributed by atoms with Crippen molar-refractivity contribution >= 4 is 51.5 Å². The first kappa shape index (κ1) is 22.4. The largest absolute Gasteiger partial charge is 0.494 e. The number of piperidine rings is 1. The molecule has 1 aliphatic heterocycles. The Labute approximate surface area is 194 Å². The Hall–Kier alpha value is -2.81. The van der Waals surface area contributed by atoms with E-state index in [0.717, 1.165) is 5.39 Å². The van der Waals surface area contributed by atoms with Crippen LogP contribution in [0.4, 0.5) is 5.82 Å². The monoisotopic (exact) mass is 476 g/mol. The molecule has 0 spiro atoms. The number of H-pyrrole nitrogens is 1. The Bertz CT molecular complexity index is 1230. The van der Waals surface area contributed by atoms with Gasteiger partial charge in [0.2, 0.25) is 0 Å². The minimum absolute atomic E-state index is 0.140. The van der Waals surface area contributed by atoms with Crippen LogP contribution >= 0.6 is 23.2 Å². The van der Waals surface area contributed by atoms with Crippen molar-refractivity contribution in [1.29, 1.82) is 0 Å². The number of pyridine rings is 1. The lowest BCUT2D eigenvalue weighted by Gasteiger charge is -2.38. The van der Waals surface area contributed by atoms with Crippen molar-refractivity contribution in [3.63, 3.8) is 0 Å². The molecule has 1 saturated heterocycles. The number of ether oxygens (including phenoxy) is 1. The number of Topliss-reactive ketones (excluding diaryl/α,β-unsaturated/α-hetero) is 1. The van der Waals surface area contributed by atoms with Crippen LogP contribution in [0.2, 0.25) is 10.0 Å². The molecule has 2 unspecified atom stereocenters.